The summed E-state index contributed by atoms with van der Waals surface area (Å²) in [6, 6.07) is 8.53. The highest BCUT2D eigenvalue weighted by molar-refractivity contribution is 5.97. The molecule has 27 heavy (non-hydrogen) atoms. The minimum Gasteiger partial charge on any atom is -0.342 e. The van der Waals surface area contributed by atoms with Gasteiger partial charge in [-0.2, -0.15) is 0 Å². The normalized spacial score (nSPS) is 28.6. The summed E-state index contributed by atoms with van der Waals surface area (Å²) in [7, 11) is 0. The van der Waals surface area contributed by atoms with Crippen LogP contribution in [0.5, 0.6) is 0 Å². The Balaban J connectivity index is 1.36. The Morgan fingerprint density at radius 3 is 2.11 bits per heavy atom. The highest BCUT2D eigenvalue weighted by Gasteiger charge is 2.38. The highest BCUT2D eigenvalue weighted by Crippen LogP contribution is 2.37. The van der Waals surface area contributed by atoms with E-state index < -0.39 is 0 Å². The number of hydrogen-bond acceptors (Lipinski definition) is 2. The molecule has 1 unspecified atom stereocenters. The zero-order valence-electron chi connectivity index (χ0n) is 16.5. The first-order chi connectivity index (χ1) is 13.1. The van der Waals surface area contributed by atoms with Gasteiger partial charge >= 0.3 is 0 Å². The second-order valence-corrected chi connectivity index (χ2v) is 8.68. The number of benzene rings is 1. The zero-order valence-corrected chi connectivity index (χ0v) is 16.5. The van der Waals surface area contributed by atoms with Gasteiger partial charge in [0.25, 0.3) is 0 Å². The first-order valence-electron chi connectivity index (χ1n) is 10.8. The van der Waals surface area contributed by atoms with Gasteiger partial charge < -0.3 is 9.80 Å². The Labute approximate surface area is 162 Å². The molecule has 2 fully saturated rings. The van der Waals surface area contributed by atoms with Gasteiger partial charge in [0.15, 0.2) is 0 Å². The molecule has 4 rings (SSSR count). The zero-order chi connectivity index (χ0) is 18.8. The van der Waals surface area contributed by atoms with Crippen molar-refractivity contribution < 1.29 is 9.59 Å². The molecular weight excluding hydrogens is 336 g/mol. The van der Waals surface area contributed by atoms with Crippen LogP contribution in [0, 0.1) is 11.8 Å². The Morgan fingerprint density at radius 2 is 1.44 bits per heavy atom. The Kier molecular flexibility index (Phi) is 5.51. The Morgan fingerprint density at radius 1 is 0.852 bits per heavy atom. The molecule has 1 atom stereocenters. The van der Waals surface area contributed by atoms with Gasteiger partial charge in [-0.1, -0.05) is 31.0 Å². The van der Waals surface area contributed by atoms with E-state index in [1.54, 1.807) is 0 Å². The lowest BCUT2D eigenvalue weighted by atomic mass is 9.80. The van der Waals surface area contributed by atoms with Gasteiger partial charge in [-0.25, -0.2) is 0 Å². The van der Waals surface area contributed by atoms with Crippen LogP contribution in [0.25, 0.3) is 0 Å². The topological polar surface area (TPSA) is 40.6 Å². The summed E-state index contributed by atoms with van der Waals surface area (Å²) in [4.78, 5) is 30.2. The Bertz CT molecular complexity index is 685. The lowest BCUT2D eigenvalue weighted by molar-refractivity contribution is -0.138. The minimum atomic E-state index is 0.0757. The minimum absolute atomic E-state index is 0.0757. The summed E-state index contributed by atoms with van der Waals surface area (Å²) in [5, 5.41) is 0. The van der Waals surface area contributed by atoms with E-state index in [0.717, 1.165) is 63.7 Å². The van der Waals surface area contributed by atoms with Crippen LogP contribution >= 0.6 is 0 Å². The molecule has 2 heterocycles. The molecule has 0 spiro atoms. The fourth-order valence-corrected chi connectivity index (χ4v) is 5.23. The molecule has 146 valence electrons. The van der Waals surface area contributed by atoms with Crippen LogP contribution in [-0.2, 0) is 16.0 Å². The van der Waals surface area contributed by atoms with Gasteiger partial charge in [-0.05, 0) is 63.5 Å². The SMILES string of the molecule is CC1Cc2ccccc2N1C(=O)C1CCC(C(=O)N2CCCCCC2)CC1. The molecule has 2 amide bonds. The first-order valence-corrected chi connectivity index (χ1v) is 10.8. The fraction of sp³-hybridized carbons (Fsp3) is 0.652. The van der Waals surface area contributed by atoms with Gasteiger partial charge in [0, 0.05) is 36.7 Å². The monoisotopic (exact) mass is 368 g/mol. The maximum absolute atomic E-state index is 13.2. The van der Waals surface area contributed by atoms with Gasteiger partial charge in [-0.15, -0.1) is 0 Å². The van der Waals surface area contributed by atoms with Crippen molar-refractivity contribution in [2.75, 3.05) is 18.0 Å². The molecule has 1 aromatic rings. The van der Waals surface area contributed by atoms with E-state index in [4.69, 9.17) is 0 Å². The molecule has 2 aliphatic heterocycles. The molecule has 1 saturated carbocycles. The predicted molar refractivity (Wildman–Crippen MR) is 108 cm³/mol. The van der Waals surface area contributed by atoms with E-state index in [1.807, 2.05) is 11.0 Å². The van der Waals surface area contributed by atoms with Crippen molar-refractivity contribution in [3.8, 4) is 0 Å². The average molecular weight is 369 g/mol. The van der Waals surface area contributed by atoms with Gasteiger partial charge in [0.1, 0.15) is 0 Å². The summed E-state index contributed by atoms with van der Waals surface area (Å²) in [5.41, 5.74) is 2.38. The van der Waals surface area contributed by atoms with Crippen molar-refractivity contribution in [3.63, 3.8) is 0 Å². The molecule has 4 heteroatoms. The van der Waals surface area contributed by atoms with Crippen LogP contribution in [0.4, 0.5) is 5.69 Å². The fourth-order valence-electron chi connectivity index (χ4n) is 5.23. The van der Waals surface area contributed by atoms with Crippen LogP contribution in [0.3, 0.4) is 0 Å². The van der Waals surface area contributed by atoms with Crippen LogP contribution < -0.4 is 4.90 Å². The molecule has 1 saturated heterocycles. The van der Waals surface area contributed by atoms with Crippen molar-refractivity contribution in [1.82, 2.24) is 4.90 Å². The van der Waals surface area contributed by atoms with Crippen molar-refractivity contribution in [1.29, 1.82) is 0 Å². The largest absolute Gasteiger partial charge is 0.342 e. The number of anilines is 1. The smallest absolute Gasteiger partial charge is 0.230 e. The van der Waals surface area contributed by atoms with Crippen molar-refractivity contribution in [2.45, 2.75) is 70.8 Å². The van der Waals surface area contributed by atoms with Crippen LogP contribution in [-0.4, -0.2) is 35.8 Å². The number of rotatable bonds is 2. The van der Waals surface area contributed by atoms with Crippen molar-refractivity contribution in [3.05, 3.63) is 29.8 Å². The summed E-state index contributed by atoms with van der Waals surface area (Å²) in [6.07, 6.45) is 9.19. The quantitative estimate of drug-likeness (QED) is 0.786. The van der Waals surface area contributed by atoms with Crippen LogP contribution in [0.2, 0.25) is 0 Å². The number of hydrogen-bond donors (Lipinski definition) is 0. The van der Waals surface area contributed by atoms with Crippen molar-refractivity contribution >= 4 is 17.5 Å². The summed E-state index contributed by atoms with van der Waals surface area (Å²) in [5.74, 6) is 0.832. The molecule has 0 radical (unpaired) electrons. The van der Waals surface area contributed by atoms with E-state index in [-0.39, 0.29) is 23.8 Å². The molecule has 4 nitrogen and oxygen atoms in total. The number of amides is 2. The molecule has 1 aliphatic carbocycles. The van der Waals surface area contributed by atoms with E-state index >= 15 is 0 Å². The van der Waals surface area contributed by atoms with Crippen LogP contribution in [0.1, 0.15) is 63.9 Å². The summed E-state index contributed by atoms with van der Waals surface area (Å²) >= 11 is 0. The number of likely N-dealkylation sites (tertiary alicyclic amines) is 1. The third kappa shape index (κ3) is 3.76. The van der Waals surface area contributed by atoms with Crippen LogP contribution in [0.15, 0.2) is 24.3 Å². The second-order valence-electron chi connectivity index (χ2n) is 8.68. The third-order valence-corrected chi connectivity index (χ3v) is 6.79. The molecule has 3 aliphatic rings. The van der Waals surface area contributed by atoms with E-state index in [1.165, 1.54) is 18.4 Å². The maximum atomic E-state index is 13.2. The van der Waals surface area contributed by atoms with E-state index in [9.17, 15) is 9.59 Å². The Hall–Kier alpha value is -1.84. The number of carbonyl (C=O) groups excluding carboxylic acids is 2. The first kappa shape index (κ1) is 18.5. The number of para-hydroxylation sites is 1. The second kappa shape index (κ2) is 8.04. The molecule has 0 aromatic heterocycles. The number of carbonyl (C=O) groups is 2. The molecule has 0 bridgehead atoms. The molecular formula is C23H32N2O2. The standard InChI is InChI=1S/C23H32N2O2/c1-17-16-20-8-4-5-9-21(20)25(17)23(27)19-12-10-18(11-13-19)22(26)24-14-6-2-3-7-15-24/h4-5,8-9,17-19H,2-3,6-7,10-16H2,1H3. The highest BCUT2D eigenvalue weighted by atomic mass is 16.2. The van der Waals surface area contributed by atoms with Gasteiger partial charge in [-0.3, -0.25) is 9.59 Å². The van der Waals surface area contributed by atoms with Gasteiger partial charge in [0.2, 0.25) is 11.8 Å². The lowest BCUT2D eigenvalue weighted by Gasteiger charge is -2.34. The predicted octanol–water partition coefficient (Wildman–Crippen LogP) is 4.17. The van der Waals surface area contributed by atoms with Gasteiger partial charge in [0.05, 0.1) is 0 Å². The summed E-state index contributed by atoms with van der Waals surface area (Å²) < 4.78 is 0. The molecule has 0 N–H and O–H groups in total. The number of nitrogens with zero attached hydrogens (tertiary/aromatic N) is 2. The maximum Gasteiger partial charge on any atom is 0.230 e. The van der Waals surface area contributed by atoms with Crippen molar-refractivity contribution in [2.24, 2.45) is 11.8 Å². The van der Waals surface area contributed by atoms with E-state index in [0.29, 0.717) is 5.91 Å². The molecule has 1 aromatic carbocycles. The summed E-state index contributed by atoms with van der Waals surface area (Å²) in [6.45, 7) is 4.01. The average Bonchev–Trinajstić information content (AvgIpc) is 2.86. The third-order valence-electron chi connectivity index (χ3n) is 6.79. The lowest BCUT2D eigenvalue weighted by Crippen LogP contribution is -2.43. The van der Waals surface area contributed by atoms with E-state index in [2.05, 4.69) is 30.0 Å². The number of fused-ring (bicyclic) bond motifs is 1.